The maximum Gasteiger partial charge on any atom is 0.328 e. The van der Waals surface area contributed by atoms with Crippen LogP contribution in [-0.2, 0) is 16.1 Å². The van der Waals surface area contributed by atoms with Gasteiger partial charge in [0.2, 0.25) is 0 Å². The lowest BCUT2D eigenvalue weighted by Crippen LogP contribution is -2.03. The minimum atomic E-state index is -1.06. The van der Waals surface area contributed by atoms with Crippen molar-refractivity contribution in [3.05, 3.63) is 41.2 Å². The van der Waals surface area contributed by atoms with Crippen LogP contribution in [0.15, 0.2) is 24.3 Å². The van der Waals surface area contributed by atoms with Crippen molar-refractivity contribution >= 4 is 12.0 Å². The number of carbonyl (C=O) groups is 1. The quantitative estimate of drug-likeness (QED) is 0.791. The number of rotatable bonds is 6. The van der Waals surface area contributed by atoms with Crippen LogP contribution in [0.4, 0.5) is 4.39 Å². The minimum absolute atomic E-state index is 0.345. The molecule has 1 aromatic carbocycles. The van der Waals surface area contributed by atoms with E-state index in [0.29, 0.717) is 24.7 Å². The summed E-state index contributed by atoms with van der Waals surface area (Å²) < 4.78 is 18.6. The topological polar surface area (TPSA) is 46.5 Å². The number of carboxylic acids is 1. The van der Waals surface area contributed by atoms with Crippen LogP contribution in [-0.4, -0.2) is 17.7 Å². The van der Waals surface area contributed by atoms with Gasteiger partial charge in [0, 0.05) is 12.7 Å². The van der Waals surface area contributed by atoms with Crippen LogP contribution in [0.25, 0.3) is 6.08 Å². The SMILES string of the molecule is CC(C)COCc1ccc(F)cc1C=CC(=O)O. The van der Waals surface area contributed by atoms with Crippen molar-refractivity contribution in [2.24, 2.45) is 5.92 Å². The van der Waals surface area contributed by atoms with Crippen LogP contribution < -0.4 is 0 Å². The molecule has 0 aliphatic carbocycles. The van der Waals surface area contributed by atoms with Gasteiger partial charge in [-0.05, 0) is 35.3 Å². The van der Waals surface area contributed by atoms with Crippen LogP contribution in [0.5, 0.6) is 0 Å². The first-order valence-corrected chi connectivity index (χ1v) is 5.76. The van der Waals surface area contributed by atoms with Crippen LogP contribution in [0.1, 0.15) is 25.0 Å². The molecule has 18 heavy (non-hydrogen) atoms. The molecule has 0 heterocycles. The van der Waals surface area contributed by atoms with Gasteiger partial charge in [-0.15, -0.1) is 0 Å². The first kappa shape index (κ1) is 14.4. The Morgan fingerprint density at radius 3 is 2.83 bits per heavy atom. The molecule has 0 unspecified atom stereocenters. The van der Waals surface area contributed by atoms with Gasteiger partial charge in [0.15, 0.2) is 0 Å². The Bertz CT molecular complexity index is 439. The zero-order valence-electron chi connectivity index (χ0n) is 10.5. The van der Waals surface area contributed by atoms with E-state index < -0.39 is 11.8 Å². The van der Waals surface area contributed by atoms with E-state index in [1.807, 2.05) is 13.8 Å². The lowest BCUT2D eigenvalue weighted by Gasteiger charge is -2.09. The van der Waals surface area contributed by atoms with Crippen LogP contribution in [0.3, 0.4) is 0 Å². The largest absolute Gasteiger partial charge is 0.478 e. The van der Waals surface area contributed by atoms with E-state index in [0.717, 1.165) is 11.6 Å². The fraction of sp³-hybridized carbons (Fsp3) is 0.357. The zero-order valence-corrected chi connectivity index (χ0v) is 10.5. The van der Waals surface area contributed by atoms with Crippen LogP contribution >= 0.6 is 0 Å². The van der Waals surface area contributed by atoms with E-state index in [4.69, 9.17) is 9.84 Å². The Kier molecular flexibility index (Phi) is 5.52. The summed E-state index contributed by atoms with van der Waals surface area (Å²) in [5.41, 5.74) is 1.30. The standard InChI is InChI=1S/C14H17FO3/c1-10(2)8-18-9-12-3-5-13(15)7-11(12)4-6-14(16)17/h3-7,10H,8-9H2,1-2H3,(H,16,17). The molecule has 0 saturated carbocycles. The summed E-state index contributed by atoms with van der Waals surface area (Å²) in [4.78, 5) is 10.5. The molecule has 98 valence electrons. The molecule has 0 atom stereocenters. The molecule has 0 amide bonds. The molecule has 0 radical (unpaired) electrons. The van der Waals surface area contributed by atoms with E-state index in [-0.39, 0.29) is 0 Å². The Morgan fingerprint density at radius 2 is 2.22 bits per heavy atom. The first-order chi connectivity index (χ1) is 8.49. The molecule has 1 aromatic rings. The van der Waals surface area contributed by atoms with Crippen molar-refractivity contribution in [3.63, 3.8) is 0 Å². The highest BCUT2D eigenvalue weighted by atomic mass is 19.1. The van der Waals surface area contributed by atoms with Crippen molar-refractivity contribution < 1.29 is 19.0 Å². The Labute approximate surface area is 106 Å². The van der Waals surface area contributed by atoms with Gasteiger partial charge in [-0.3, -0.25) is 0 Å². The number of hydrogen-bond donors (Lipinski definition) is 1. The molecule has 0 spiro atoms. The Balaban J connectivity index is 2.79. The van der Waals surface area contributed by atoms with E-state index in [2.05, 4.69) is 0 Å². The van der Waals surface area contributed by atoms with E-state index in [9.17, 15) is 9.18 Å². The van der Waals surface area contributed by atoms with Gasteiger partial charge >= 0.3 is 5.97 Å². The number of hydrogen-bond acceptors (Lipinski definition) is 2. The summed E-state index contributed by atoms with van der Waals surface area (Å²) in [6.07, 6.45) is 2.36. The van der Waals surface area contributed by atoms with E-state index >= 15 is 0 Å². The maximum absolute atomic E-state index is 13.1. The van der Waals surface area contributed by atoms with Gasteiger partial charge in [-0.25, -0.2) is 9.18 Å². The second kappa shape index (κ2) is 6.91. The van der Waals surface area contributed by atoms with Gasteiger partial charge in [0.25, 0.3) is 0 Å². The molecule has 0 bridgehead atoms. The van der Waals surface area contributed by atoms with Gasteiger partial charge in [-0.1, -0.05) is 19.9 Å². The molecule has 3 nitrogen and oxygen atoms in total. The van der Waals surface area contributed by atoms with Crippen molar-refractivity contribution in [1.82, 2.24) is 0 Å². The molecule has 0 saturated heterocycles. The molecule has 1 N–H and O–H groups in total. The van der Waals surface area contributed by atoms with Gasteiger partial charge in [-0.2, -0.15) is 0 Å². The third-order valence-electron chi connectivity index (χ3n) is 2.22. The Morgan fingerprint density at radius 1 is 1.50 bits per heavy atom. The third-order valence-corrected chi connectivity index (χ3v) is 2.22. The second-order valence-electron chi connectivity index (χ2n) is 4.42. The lowest BCUT2D eigenvalue weighted by molar-refractivity contribution is -0.131. The van der Waals surface area contributed by atoms with Crippen LogP contribution in [0, 0.1) is 11.7 Å². The summed E-state index contributed by atoms with van der Waals surface area (Å²) >= 11 is 0. The summed E-state index contributed by atoms with van der Waals surface area (Å²) in [7, 11) is 0. The van der Waals surface area contributed by atoms with Crippen molar-refractivity contribution in [2.75, 3.05) is 6.61 Å². The maximum atomic E-state index is 13.1. The summed E-state index contributed by atoms with van der Waals surface area (Å²) in [5, 5.41) is 8.57. The highest BCUT2D eigenvalue weighted by Gasteiger charge is 2.03. The minimum Gasteiger partial charge on any atom is -0.478 e. The third kappa shape index (κ3) is 5.10. The normalized spacial score (nSPS) is 11.3. The zero-order chi connectivity index (χ0) is 13.5. The number of benzene rings is 1. The van der Waals surface area contributed by atoms with Crippen LogP contribution in [0.2, 0.25) is 0 Å². The number of carboxylic acid groups (broad SMARTS) is 1. The average molecular weight is 252 g/mol. The van der Waals surface area contributed by atoms with Crippen molar-refractivity contribution in [1.29, 1.82) is 0 Å². The fourth-order valence-corrected chi connectivity index (χ4v) is 1.42. The molecule has 0 aliphatic rings. The second-order valence-corrected chi connectivity index (χ2v) is 4.42. The van der Waals surface area contributed by atoms with Crippen molar-refractivity contribution in [2.45, 2.75) is 20.5 Å². The molecule has 0 aromatic heterocycles. The van der Waals surface area contributed by atoms with Crippen molar-refractivity contribution in [3.8, 4) is 0 Å². The van der Waals surface area contributed by atoms with Gasteiger partial charge in [0.1, 0.15) is 5.82 Å². The predicted molar refractivity (Wildman–Crippen MR) is 67.6 cm³/mol. The highest BCUT2D eigenvalue weighted by molar-refractivity contribution is 5.85. The van der Waals surface area contributed by atoms with Gasteiger partial charge < -0.3 is 9.84 Å². The lowest BCUT2D eigenvalue weighted by atomic mass is 10.1. The predicted octanol–water partition coefficient (Wildman–Crippen LogP) is 3.10. The van der Waals surface area contributed by atoms with E-state index in [1.165, 1.54) is 18.2 Å². The molecular formula is C14H17FO3. The highest BCUT2D eigenvalue weighted by Crippen LogP contribution is 2.15. The van der Waals surface area contributed by atoms with Gasteiger partial charge in [0.05, 0.1) is 6.61 Å². The molecule has 0 fully saturated rings. The molecule has 0 aliphatic heterocycles. The molecule has 4 heteroatoms. The average Bonchev–Trinajstić information content (AvgIpc) is 2.28. The number of halogens is 1. The Hall–Kier alpha value is -1.68. The first-order valence-electron chi connectivity index (χ1n) is 5.76. The number of ether oxygens (including phenoxy) is 1. The van der Waals surface area contributed by atoms with E-state index in [1.54, 1.807) is 6.07 Å². The smallest absolute Gasteiger partial charge is 0.328 e. The molecular weight excluding hydrogens is 235 g/mol. The summed E-state index contributed by atoms with van der Waals surface area (Å²) in [5.74, 6) is -1.04. The fourth-order valence-electron chi connectivity index (χ4n) is 1.42. The monoisotopic (exact) mass is 252 g/mol. The summed E-state index contributed by atoms with van der Waals surface area (Å²) in [6.45, 7) is 5.03. The number of aliphatic carboxylic acids is 1. The molecule has 1 rings (SSSR count). The summed E-state index contributed by atoms with van der Waals surface area (Å²) in [6, 6.07) is 4.25.